The number of rotatable bonds is 0. The SMILES string of the molecule is O.O.O=[N+]([O-])[O-].O=[N+]([O-])[O-].[Hg+2]. The molecule has 0 atom stereocenters. The van der Waals surface area contributed by atoms with Gasteiger partial charge < -0.3 is 41.6 Å². The van der Waals surface area contributed by atoms with Crippen molar-refractivity contribution in [1.82, 2.24) is 0 Å². The maximum atomic E-state index is 8.25. The van der Waals surface area contributed by atoms with Gasteiger partial charge in [0.2, 0.25) is 0 Å². The van der Waals surface area contributed by atoms with Crippen LogP contribution in [0.25, 0.3) is 0 Å². The van der Waals surface area contributed by atoms with Gasteiger partial charge in [0.15, 0.2) is 0 Å². The number of nitrogens with zero attached hydrogens (tertiary/aromatic N) is 2. The molecule has 0 aromatic heterocycles. The summed E-state index contributed by atoms with van der Waals surface area (Å²) in [5.74, 6) is 0. The summed E-state index contributed by atoms with van der Waals surface area (Å²) in [7, 11) is 0. The minimum absolute atomic E-state index is 0. The van der Waals surface area contributed by atoms with Crippen LogP contribution >= 0.6 is 0 Å². The fourth-order valence-electron chi connectivity index (χ4n) is 0. The van der Waals surface area contributed by atoms with E-state index in [1.807, 2.05) is 0 Å². The molecule has 0 radical (unpaired) electrons. The van der Waals surface area contributed by atoms with Gasteiger partial charge in [0.05, 0.1) is 10.2 Å². The molecule has 0 fully saturated rings. The average molecular weight is 361 g/mol. The molecule has 0 rings (SSSR count). The van der Waals surface area contributed by atoms with Crippen LogP contribution in [0, 0.1) is 30.6 Å². The third-order valence-corrected chi connectivity index (χ3v) is 0. The Balaban J connectivity index is -0.0000000171. The summed E-state index contributed by atoms with van der Waals surface area (Å²) < 4.78 is 0. The molecule has 11 heteroatoms. The molecule has 0 heterocycles. The predicted octanol–water partition coefficient (Wildman–Crippen LogP) is -2.13. The normalized spacial score (nSPS) is 4.36. The van der Waals surface area contributed by atoms with Gasteiger partial charge in [-0.2, -0.15) is 0 Å². The zero-order valence-electron chi connectivity index (χ0n) is 5.05. The Labute approximate surface area is 79.8 Å². The maximum Gasteiger partial charge on any atom is 2.00 e. The Morgan fingerprint density at radius 1 is 0.727 bits per heavy atom. The van der Waals surface area contributed by atoms with Crippen LogP contribution in [0.3, 0.4) is 0 Å². The molecule has 0 aromatic rings. The van der Waals surface area contributed by atoms with Crippen LogP contribution in [0.15, 0.2) is 0 Å². The van der Waals surface area contributed by atoms with Crippen molar-refractivity contribution in [2.24, 2.45) is 0 Å². The van der Waals surface area contributed by atoms with Crippen molar-refractivity contribution in [3.63, 3.8) is 0 Å². The molecule has 0 unspecified atom stereocenters. The fourth-order valence-corrected chi connectivity index (χ4v) is 0. The Bertz CT molecular complexity index is 70.1. The molecule has 0 aliphatic rings. The van der Waals surface area contributed by atoms with Crippen LogP contribution in [-0.4, -0.2) is 21.1 Å². The number of hydrogen-bond donors (Lipinski definition) is 0. The molecule has 11 heavy (non-hydrogen) atoms. The van der Waals surface area contributed by atoms with Crippen molar-refractivity contribution in [2.45, 2.75) is 0 Å². The van der Waals surface area contributed by atoms with E-state index < -0.39 is 10.2 Å². The zero-order valence-corrected chi connectivity index (χ0v) is 10.5. The molecule has 0 bridgehead atoms. The second kappa shape index (κ2) is 22.8. The quantitative estimate of drug-likeness (QED) is 0.268. The van der Waals surface area contributed by atoms with Gasteiger partial charge in [-0.3, -0.25) is 0 Å². The van der Waals surface area contributed by atoms with Crippen LogP contribution in [0.2, 0.25) is 0 Å². The molecular weight excluding hydrogens is 357 g/mol. The van der Waals surface area contributed by atoms with E-state index >= 15 is 0 Å². The van der Waals surface area contributed by atoms with Crippen LogP contribution in [0.1, 0.15) is 0 Å². The van der Waals surface area contributed by atoms with Crippen molar-refractivity contribution < 1.29 is 48.8 Å². The van der Waals surface area contributed by atoms with E-state index in [-0.39, 0.29) is 38.6 Å². The van der Waals surface area contributed by atoms with E-state index in [0.717, 1.165) is 0 Å². The first-order chi connectivity index (χ1) is 3.46. The van der Waals surface area contributed by atoms with Crippen molar-refractivity contribution in [3.05, 3.63) is 30.6 Å². The van der Waals surface area contributed by atoms with Crippen molar-refractivity contribution in [3.8, 4) is 0 Å². The molecule has 4 N–H and O–H groups in total. The molecule has 0 saturated carbocycles. The maximum absolute atomic E-state index is 8.25. The number of hydrogen-bond acceptors (Lipinski definition) is 6. The van der Waals surface area contributed by atoms with Gasteiger partial charge in [0.1, 0.15) is 0 Å². The van der Waals surface area contributed by atoms with E-state index in [2.05, 4.69) is 0 Å². The van der Waals surface area contributed by atoms with Crippen LogP contribution < -0.4 is 0 Å². The standard InChI is InChI=1S/Hg.2NO3.2H2O/c;2*2-1(3)4;;/h;;;2*1H2/q+2;2*-1;;. The molecule has 0 aliphatic carbocycles. The van der Waals surface area contributed by atoms with Gasteiger partial charge in [0, 0.05) is 0 Å². The summed E-state index contributed by atoms with van der Waals surface area (Å²) in [6.45, 7) is 0. The van der Waals surface area contributed by atoms with E-state index in [9.17, 15) is 0 Å². The van der Waals surface area contributed by atoms with Crippen molar-refractivity contribution in [2.75, 3.05) is 0 Å². The molecule has 0 aromatic carbocycles. The van der Waals surface area contributed by atoms with Crippen LogP contribution in [0.4, 0.5) is 0 Å². The third kappa shape index (κ3) is 878. The largest absolute Gasteiger partial charge is 2.00 e. The Morgan fingerprint density at radius 2 is 0.727 bits per heavy atom. The molecule has 0 saturated heterocycles. The van der Waals surface area contributed by atoms with Crippen LogP contribution in [-0.2, 0) is 27.7 Å². The van der Waals surface area contributed by atoms with Gasteiger partial charge in [-0.15, -0.1) is 0 Å². The first-order valence-electron chi connectivity index (χ1n) is 1.10. The topological polar surface area (TPSA) is 195 Å². The van der Waals surface area contributed by atoms with Gasteiger partial charge in [0.25, 0.3) is 0 Å². The predicted molar refractivity (Wildman–Crippen MR) is 28.0 cm³/mol. The van der Waals surface area contributed by atoms with Gasteiger partial charge in [-0.25, -0.2) is 0 Å². The Hall–Kier alpha value is -0.745. The average Bonchev–Trinajstić information content (AvgIpc) is 1.25. The first-order valence-corrected chi connectivity index (χ1v) is 1.10. The second-order valence-corrected chi connectivity index (χ2v) is 0.447. The molecule has 0 aliphatic heterocycles. The summed E-state index contributed by atoms with van der Waals surface area (Å²) in [6.07, 6.45) is 0. The van der Waals surface area contributed by atoms with E-state index in [0.29, 0.717) is 0 Å². The molecule has 10 nitrogen and oxygen atoms in total. The molecule has 0 spiro atoms. The molecule has 0 amide bonds. The van der Waals surface area contributed by atoms with Gasteiger partial charge in [-0.05, 0) is 0 Å². The minimum Gasteiger partial charge on any atom is -0.412 e. The first kappa shape index (κ1) is 31.8. The van der Waals surface area contributed by atoms with E-state index in [4.69, 9.17) is 30.6 Å². The summed E-state index contributed by atoms with van der Waals surface area (Å²) in [4.78, 5) is 16.5. The van der Waals surface area contributed by atoms with E-state index in [1.165, 1.54) is 0 Å². The van der Waals surface area contributed by atoms with E-state index in [1.54, 1.807) is 0 Å². The summed E-state index contributed by atoms with van der Waals surface area (Å²) in [6, 6.07) is 0. The third-order valence-electron chi connectivity index (χ3n) is 0. The minimum atomic E-state index is -1.75. The zero-order chi connectivity index (χ0) is 7.15. The second-order valence-electron chi connectivity index (χ2n) is 0.447. The van der Waals surface area contributed by atoms with Crippen molar-refractivity contribution in [1.29, 1.82) is 0 Å². The Kier molecular flexibility index (Phi) is 66.0. The fraction of sp³-hybridized carbons (Fsp3) is 0. The summed E-state index contributed by atoms with van der Waals surface area (Å²) in [5.41, 5.74) is 0. The summed E-state index contributed by atoms with van der Waals surface area (Å²) in [5, 5.41) is 29.5. The molecular formula is H4HgN2O8. The summed E-state index contributed by atoms with van der Waals surface area (Å²) >= 11 is 0. The Morgan fingerprint density at radius 3 is 0.727 bits per heavy atom. The van der Waals surface area contributed by atoms with Gasteiger partial charge in [-0.1, -0.05) is 0 Å². The smallest absolute Gasteiger partial charge is 0.412 e. The van der Waals surface area contributed by atoms with Gasteiger partial charge >= 0.3 is 27.7 Å². The van der Waals surface area contributed by atoms with Crippen LogP contribution in [0.5, 0.6) is 0 Å². The monoisotopic (exact) mass is 362 g/mol. The molecule has 64 valence electrons. The van der Waals surface area contributed by atoms with Crippen molar-refractivity contribution >= 4 is 0 Å².